The Morgan fingerprint density at radius 1 is 1.27 bits per heavy atom. The summed E-state index contributed by atoms with van der Waals surface area (Å²) in [4.78, 5) is 3.97. The molecule has 0 amide bonds. The fraction of sp³-hybridized carbons (Fsp3) is 0.200. The molecule has 120 valence electrons. The van der Waals surface area contributed by atoms with E-state index in [0.717, 1.165) is 12.1 Å². The Hall–Kier alpha value is -1.66. The molecule has 1 aromatic carbocycles. The molecule has 0 aliphatic rings. The number of benzene rings is 1. The largest absolute Gasteiger partial charge is 0.573 e. The van der Waals surface area contributed by atoms with Crippen molar-refractivity contribution >= 4 is 26.8 Å². The molecule has 2 rings (SSSR count). The molecule has 0 saturated carbocycles. The molecular weight excluding hydrogens is 393 g/mol. The fourth-order valence-electron chi connectivity index (χ4n) is 1.56. The number of ether oxygens (including phenoxy) is 1. The lowest BCUT2D eigenvalue weighted by molar-refractivity contribution is -0.274. The van der Waals surface area contributed by atoms with Crippen LogP contribution in [0.3, 0.4) is 0 Å². The van der Waals surface area contributed by atoms with Gasteiger partial charge in [-0.1, -0.05) is 0 Å². The summed E-state index contributed by atoms with van der Waals surface area (Å²) in [7, 11) is -2.81. The highest BCUT2D eigenvalue weighted by molar-refractivity contribution is 9.10. The second kappa shape index (κ2) is 6.62. The lowest BCUT2D eigenvalue weighted by Crippen LogP contribution is -2.17. The molecule has 0 saturated heterocycles. The maximum atomic E-state index is 12.1. The Balaban J connectivity index is 2.24. The van der Waals surface area contributed by atoms with Gasteiger partial charge < -0.3 is 4.74 Å². The second-order valence-corrected chi connectivity index (χ2v) is 5.38. The fourth-order valence-corrected chi connectivity index (χ4v) is 2.20. The number of halogens is 4. The van der Waals surface area contributed by atoms with Crippen molar-refractivity contribution in [1.29, 1.82) is 0 Å². The van der Waals surface area contributed by atoms with Crippen molar-refractivity contribution in [3.63, 3.8) is 0 Å². The van der Waals surface area contributed by atoms with Crippen LogP contribution in [-0.4, -0.2) is 29.5 Å². The van der Waals surface area contributed by atoms with Gasteiger partial charge in [-0.25, -0.2) is 22.8 Å². The van der Waals surface area contributed by atoms with E-state index in [2.05, 4.69) is 35.5 Å². The predicted molar refractivity (Wildman–Crippen MR) is 72.9 cm³/mol. The van der Waals surface area contributed by atoms with E-state index in [1.54, 1.807) is 0 Å². The molecule has 0 aliphatic heterocycles. The quantitative estimate of drug-likeness (QED) is 0.743. The van der Waals surface area contributed by atoms with Crippen LogP contribution >= 0.6 is 15.9 Å². The van der Waals surface area contributed by atoms with E-state index >= 15 is 0 Å². The number of hydrogen-bond donors (Lipinski definition) is 2. The maximum Gasteiger partial charge on any atom is 0.573 e. The Morgan fingerprint density at radius 2 is 1.91 bits per heavy atom. The van der Waals surface area contributed by atoms with Crippen molar-refractivity contribution in [2.24, 2.45) is 0 Å². The van der Waals surface area contributed by atoms with E-state index in [-0.39, 0.29) is 22.9 Å². The topological polar surface area (TPSA) is 86.1 Å². The summed E-state index contributed by atoms with van der Waals surface area (Å²) in [6.45, 7) is -0.113. The Kier molecular flexibility index (Phi) is 5.03. The van der Waals surface area contributed by atoms with Crippen molar-refractivity contribution in [3.05, 3.63) is 34.8 Å². The minimum Gasteiger partial charge on any atom is -0.406 e. The lowest BCUT2D eigenvalue weighted by Gasteiger charge is -2.10. The van der Waals surface area contributed by atoms with Crippen LogP contribution in [0.2, 0.25) is 0 Å². The molecule has 7 nitrogen and oxygen atoms in total. The van der Waals surface area contributed by atoms with Crippen molar-refractivity contribution in [2.45, 2.75) is 12.9 Å². The molecule has 0 fully saturated rings. The highest BCUT2D eigenvalue weighted by Gasteiger charge is 2.31. The smallest absolute Gasteiger partial charge is 0.406 e. The monoisotopic (exact) mass is 400 g/mol. The molecule has 0 bridgehead atoms. The zero-order valence-corrected chi connectivity index (χ0v) is 13.0. The average molecular weight is 401 g/mol. The zero-order valence-electron chi connectivity index (χ0n) is 10.5. The van der Waals surface area contributed by atoms with Gasteiger partial charge in [-0.15, -0.1) is 18.3 Å². The average Bonchev–Trinajstić information content (AvgIpc) is 2.76. The number of nitrogens with zero attached hydrogens (tertiary/aromatic N) is 3. The third-order valence-corrected chi connectivity index (χ3v) is 3.08. The normalized spacial score (nSPS) is 11.9. The van der Waals surface area contributed by atoms with E-state index in [1.807, 2.05) is 0 Å². The summed E-state index contributed by atoms with van der Waals surface area (Å²) in [5, 5.41) is 3.99. The van der Waals surface area contributed by atoms with Crippen LogP contribution < -0.4 is 9.46 Å². The molecule has 0 atom stereocenters. The molecule has 0 unspecified atom stereocenters. The van der Waals surface area contributed by atoms with Gasteiger partial charge in [0.15, 0.2) is 0 Å². The van der Waals surface area contributed by atoms with Gasteiger partial charge >= 0.3 is 6.36 Å². The van der Waals surface area contributed by atoms with Gasteiger partial charge in [-0.05, 0) is 40.2 Å². The first kappa shape index (κ1) is 16.7. The molecule has 2 aromatic rings. The summed E-state index contributed by atoms with van der Waals surface area (Å²) in [6, 6.07) is 4.90. The Labute approximate surface area is 132 Å². The van der Waals surface area contributed by atoms with Crippen LogP contribution in [0, 0.1) is 0 Å². The van der Waals surface area contributed by atoms with Crippen LogP contribution in [0.1, 0.15) is 5.82 Å². The minimum absolute atomic E-state index is 0.113. The van der Waals surface area contributed by atoms with Gasteiger partial charge in [0.1, 0.15) is 11.6 Å². The molecule has 0 spiro atoms. The summed E-state index contributed by atoms with van der Waals surface area (Å²) >= 11 is 3.05. The molecule has 0 aliphatic carbocycles. The van der Waals surface area contributed by atoms with Crippen molar-refractivity contribution in [2.75, 3.05) is 0 Å². The van der Waals surface area contributed by atoms with Crippen molar-refractivity contribution in [1.82, 2.24) is 19.5 Å². The molecule has 12 heteroatoms. The maximum absolute atomic E-state index is 12.1. The number of aromatic nitrogens is 3. The zero-order chi connectivity index (χ0) is 16.3. The Bertz CT molecular complexity index is 722. The first-order chi connectivity index (χ1) is 10.2. The van der Waals surface area contributed by atoms with Gasteiger partial charge in [0, 0.05) is 0 Å². The van der Waals surface area contributed by atoms with Gasteiger partial charge in [0.05, 0.1) is 12.2 Å². The van der Waals surface area contributed by atoms with Crippen LogP contribution in [-0.2, 0) is 17.4 Å². The third-order valence-electron chi connectivity index (χ3n) is 2.33. The number of thiol groups is 1. The predicted octanol–water partition coefficient (Wildman–Crippen LogP) is 1.54. The van der Waals surface area contributed by atoms with Gasteiger partial charge in [-0.2, -0.15) is 0 Å². The van der Waals surface area contributed by atoms with Gasteiger partial charge in [0.2, 0.25) is 15.6 Å². The van der Waals surface area contributed by atoms with Gasteiger partial charge in [-0.3, -0.25) is 0 Å². The number of rotatable bonds is 5. The van der Waals surface area contributed by atoms with Crippen LogP contribution in [0.4, 0.5) is 13.2 Å². The molecule has 0 radical (unpaired) electrons. The number of nitrogens with one attached hydrogen (secondary N) is 1. The summed E-state index contributed by atoms with van der Waals surface area (Å²) in [5.74, 6) is -0.117. The highest BCUT2D eigenvalue weighted by Crippen LogP contribution is 2.24. The van der Waals surface area contributed by atoms with E-state index in [1.165, 1.54) is 16.8 Å². The van der Waals surface area contributed by atoms with E-state index < -0.39 is 17.3 Å². The Morgan fingerprint density at radius 3 is 2.45 bits per heavy atom. The third kappa shape index (κ3) is 4.68. The SMILES string of the molecule is O=[SH](=O)NCc1nc(Br)nn1-c1ccc(OC(F)(F)F)cc1. The molecule has 22 heavy (non-hydrogen) atoms. The summed E-state index contributed by atoms with van der Waals surface area (Å²) < 4.78 is 64.8. The molecule has 1 aromatic heterocycles. The molecule has 1 heterocycles. The van der Waals surface area contributed by atoms with E-state index in [0.29, 0.717) is 5.69 Å². The van der Waals surface area contributed by atoms with Crippen LogP contribution in [0.5, 0.6) is 5.75 Å². The second-order valence-electron chi connectivity index (χ2n) is 3.84. The van der Waals surface area contributed by atoms with E-state index in [9.17, 15) is 21.6 Å². The van der Waals surface area contributed by atoms with Crippen molar-refractivity contribution in [3.8, 4) is 11.4 Å². The first-order valence-electron chi connectivity index (χ1n) is 5.60. The highest BCUT2D eigenvalue weighted by atomic mass is 79.9. The van der Waals surface area contributed by atoms with Crippen LogP contribution in [0.25, 0.3) is 5.69 Å². The molecular formula is C10H8BrF3N4O3S. The minimum atomic E-state index is -4.77. The number of alkyl halides is 3. The summed E-state index contributed by atoms with van der Waals surface area (Å²) in [5.41, 5.74) is 0.394. The first-order valence-corrected chi connectivity index (χ1v) is 7.57. The molecule has 1 N–H and O–H groups in total. The van der Waals surface area contributed by atoms with Gasteiger partial charge in [0.25, 0.3) is 0 Å². The summed E-state index contributed by atoms with van der Waals surface area (Å²) in [6.07, 6.45) is -4.77. The van der Waals surface area contributed by atoms with E-state index in [4.69, 9.17) is 0 Å². The van der Waals surface area contributed by atoms with Crippen LogP contribution in [0.15, 0.2) is 29.0 Å². The standard InChI is InChI=1S/C10H8BrF3N4O3S/c11-9-16-8(5-15-22(19)20)18(17-9)6-1-3-7(4-2-6)21-10(12,13)14/h1-4,22H,5H2,(H,15,19,20). The number of hydrogen-bond acceptors (Lipinski definition) is 5. The van der Waals surface area contributed by atoms with Crippen molar-refractivity contribution < 1.29 is 26.3 Å². The lowest BCUT2D eigenvalue weighted by atomic mass is 10.3.